The number of amides is 2. The predicted octanol–water partition coefficient (Wildman–Crippen LogP) is 5.19. The molecule has 0 spiro atoms. The molecular weight excluding hydrogens is 554 g/mol. The molecule has 9 heteroatoms. The molecule has 1 atom stereocenters. The quantitative estimate of drug-likeness (QED) is 0.329. The fourth-order valence-electron chi connectivity index (χ4n) is 5.42. The first-order chi connectivity index (χ1) is 19.9. The summed E-state index contributed by atoms with van der Waals surface area (Å²) in [7, 11) is 0. The minimum Gasteiger partial charge on any atom is -0.336 e. The molecule has 2 aliphatic rings. The molecule has 0 aliphatic carbocycles. The van der Waals surface area contributed by atoms with Crippen LogP contribution in [0, 0.1) is 6.92 Å². The summed E-state index contributed by atoms with van der Waals surface area (Å²) in [5.74, 6) is -0.404. The Bertz CT molecular complexity index is 1340. The second kappa shape index (κ2) is 13.6. The topological polar surface area (TPSA) is 59.1 Å². The maximum atomic E-state index is 13.7. The largest absolute Gasteiger partial charge is 0.336 e. The third-order valence-corrected chi connectivity index (χ3v) is 8.37. The number of aryl methyl sites for hydroxylation is 1. The SMILES string of the molecule is Cc1ccc(N2C(=O)[C@@H](CC(=O)Nc3ccc(Cl)cc3)N(CCCN3CCN(Cc4ccccc4)CC3)C2=S)cc1. The summed E-state index contributed by atoms with van der Waals surface area (Å²) in [6.07, 6.45) is 0.866. The van der Waals surface area contributed by atoms with Crippen LogP contribution in [0.2, 0.25) is 5.02 Å². The number of benzene rings is 3. The molecule has 0 unspecified atom stereocenters. The van der Waals surface area contributed by atoms with Gasteiger partial charge in [0.1, 0.15) is 6.04 Å². The first kappa shape index (κ1) is 29.2. The summed E-state index contributed by atoms with van der Waals surface area (Å²) in [5.41, 5.74) is 3.81. The molecule has 2 fully saturated rings. The number of nitrogens with zero attached hydrogens (tertiary/aromatic N) is 4. The normalized spacial score (nSPS) is 18.2. The fraction of sp³-hybridized carbons (Fsp3) is 0.344. The molecule has 214 valence electrons. The number of nitrogens with one attached hydrogen (secondary N) is 1. The number of anilines is 2. The maximum absolute atomic E-state index is 13.7. The Kier molecular flexibility index (Phi) is 9.67. The lowest BCUT2D eigenvalue weighted by molar-refractivity contribution is -0.124. The number of carbonyl (C=O) groups is 2. The van der Waals surface area contributed by atoms with E-state index in [-0.39, 0.29) is 18.2 Å². The number of hydrogen-bond acceptors (Lipinski definition) is 5. The second-order valence-corrected chi connectivity index (χ2v) is 11.5. The minimum atomic E-state index is -0.654. The van der Waals surface area contributed by atoms with Gasteiger partial charge in [0, 0.05) is 50.0 Å². The van der Waals surface area contributed by atoms with Crippen molar-refractivity contribution in [2.45, 2.75) is 32.4 Å². The number of rotatable bonds is 10. The number of halogens is 1. The van der Waals surface area contributed by atoms with E-state index in [9.17, 15) is 9.59 Å². The van der Waals surface area contributed by atoms with E-state index in [4.69, 9.17) is 23.8 Å². The Morgan fingerprint density at radius 3 is 2.24 bits per heavy atom. The highest BCUT2D eigenvalue weighted by Crippen LogP contribution is 2.28. The van der Waals surface area contributed by atoms with Crippen molar-refractivity contribution in [1.29, 1.82) is 0 Å². The maximum Gasteiger partial charge on any atom is 0.256 e. The Hall–Kier alpha value is -3.30. The van der Waals surface area contributed by atoms with Gasteiger partial charge in [-0.1, -0.05) is 59.6 Å². The number of piperazine rings is 1. The van der Waals surface area contributed by atoms with E-state index in [0.29, 0.717) is 22.4 Å². The Balaban J connectivity index is 1.20. The van der Waals surface area contributed by atoms with Gasteiger partial charge in [-0.25, -0.2) is 0 Å². The van der Waals surface area contributed by atoms with Crippen LogP contribution in [-0.2, 0) is 16.1 Å². The van der Waals surface area contributed by atoms with Crippen molar-refractivity contribution in [3.05, 3.63) is 95.0 Å². The smallest absolute Gasteiger partial charge is 0.256 e. The lowest BCUT2D eigenvalue weighted by Crippen LogP contribution is -2.47. The third-order valence-electron chi connectivity index (χ3n) is 7.70. The van der Waals surface area contributed by atoms with Crippen molar-refractivity contribution in [2.75, 3.05) is 49.5 Å². The highest BCUT2D eigenvalue weighted by atomic mass is 35.5. The Labute approximate surface area is 252 Å². The van der Waals surface area contributed by atoms with Crippen LogP contribution in [0.25, 0.3) is 0 Å². The van der Waals surface area contributed by atoms with Gasteiger partial charge >= 0.3 is 0 Å². The van der Waals surface area contributed by atoms with Crippen molar-refractivity contribution >= 4 is 52.1 Å². The van der Waals surface area contributed by atoms with Gasteiger partial charge in [0.05, 0.1) is 12.1 Å². The van der Waals surface area contributed by atoms with E-state index in [2.05, 4.69) is 45.4 Å². The second-order valence-electron chi connectivity index (χ2n) is 10.7. The van der Waals surface area contributed by atoms with Crippen molar-refractivity contribution < 1.29 is 9.59 Å². The molecule has 0 radical (unpaired) electrons. The molecule has 2 amide bonds. The first-order valence-corrected chi connectivity index (χ1v) is 14.9. The van der Waals surface area contributed by atoms with E-state index in [1.807, 2.05) is 36.1 Å². The monoisotopic (exact) mass is 589 g/mol. The zero-order valence-electron chi connectivity index (χ0n) is 23.3. The van der Waals surface area contributed by atoms with Gasteiger partial charge in [0.15, 0.2) is 5.11 Å². The molecule has 2 aliphatic heterocycles. The molecule has 5 rings (SSSR count). The van der Waals surface area contributed by atoms with Crippen LogP contribution in [0.4, 0.5) is 11.4 Å². The summed E-state index contributed by atoms with van der Waals surface area (Å²) in [6, 6.07) is 24.6. The van der Waals surface area contributed by atoms with Gasteiger partial charge in [0.25, 0.3) is 5.91 Å². The van der Waals surface area contributed by atoms with Crippen molar-refractivity contribution in [2.24, 2.45) is 0 Å². The highest BCUT2D eigenvalue weighted by molar-refractivity contribution is 7.80. The standard InChI is InChI=1S/C32H36ClN5O2S/c1-24-8-14-28(15-9-24)38-31(40)29(22-30(39)34-27-12-10-26(33)11-13-27)37(32(38)41)17-5-16-35-18-20-36(21-19-35)23-25-6-3-2-4-7-25/h2-4,6-15,29H,5,16-23H2,1H3,(H,34,39)/t29-/m1/s1. The van der Waals surface area contributed by atoms with Crippen LogP contribution in [0.1, 0.15) is 24.0 Å². The average Bonchev–Trinajstić information content (AvgIpc) is 3.20. The Morgan fingerprint density at radius 2 is 1.56 bits per heavy atom. The molecule has 0 aromatic heterocycles. The molecule has 7 nitrogen and oxygen atoms in total. The Morgan fingerprint density at radius 1 is 0.902 bits per heavy atom. The lowest BCUT2D eigenvalue weighted by atomic mass is 10.1. The molecule has 2 saturated heterocycles. The van der Waals surface area contributed by atoms with Crippen LogP contribution < -0.4 is 10.2 Å². The molecule has 2 heterocycles. The molecular formula is C32H36ClN5O2S. The molecule has 41 heavy (non-hydrogen) atoms. The summed E-state index contributed by atoms with van der Waals surface area (Å²) in [5, 5.41) is 3.94. The minimum absolute atomic E-state index is 0.0160. The number of hydrogen-bond donors (Lipinski definition) is 1. The fourth-order valence-corrected chi connectivity index (χ4v) is 5.96. The van der Waals surface area contributed by atoms with Gasteiger partial charge in [-0.2, -0.15) is 0 Å². The van der Waals surface area contributed by atoms with Crippen LogP contribution in [0.15, 0.2) is 78.9 Å². The van der Waals surface area contributed by atoms with Crippen LogP contribution in [-0.4, -0.2) is 76.9 Å². The summed E-state index contributed by atoms with van der Waals surface area (Å²) in [6.45, 7) is 8.60. The van der Waals surface area contributed by atoms with Gasteiger partial charge in [-0.05, 0) is 74.1 Å². The van der Waals surface area contributed by atoms with Gasteiger partial charge < -0.3 is 15.1 Å². The molecule has 0 bridgehead atoms. The number of carbonyl (C=O) groups excluding carboxylic acids is 2. The van der Waals surface area contributed by atoms with Gasteiger partial charge in [-0.3, -0.25) is 19.4 Å². The third kappa shape index (κ3) is 7.51. The van der Waals surface area contributed by atoms with Crippen molar-refractivity contribution in [3.63, 3.8) is 0 Å². The average molecular weight is 590 g/mol. The predicted molar refractivity (Wildman–Crippen MR) is 169 cm³/mol. The molecule has 0 saturated carbocycles. The van der Waals surface area contributed by atoms with Crippen LogP contribution >= 0.6 is 23.8 Å². The summed E-state index contributed by atoms with van der Waals surface area (Å²) < 4.78 is 0. The molecule has 1 N–H and O–H groups in total. The molecule has 3 aromatic carbocycles. The van der Waals surface area contributed by atoms with Crippen LogP contribution in [0.3, 0.4) is 0 Å². The van der Waals surface area contributed by atoms with Crippen LogP contribution in [0.5, 0.6) is 0 Å². The van der Waals surface area contributed by atoms with E-state index in [0.717, 1.165) is 56.9 Å². The van der Waals surface area contributed by atoms with E-state index in [1.165, 1.54) is 5.56 Å². The van der Waals surface area contributed by atoms with Gasteiger partial charge in [0.2, 0.25) is 5.91 Å². The first-order valence-electron chi connectivity index (χ1n) is 14.1. The van der Waals surface area contributed by atoms with Crippen molar-refractivity contribution in [3.8, 4) is 0 Å². The summed E-state index contributed by atoms with van der Waals surface area (Å²) in [4.78, 5) is 35.2. The van der Waals surface area contributed by atoms with Gasteiger partial charge in [-0.15, -0.1) is 0 Å². The van der Waals surface area contributed by atoms with E-state index < -0.39 is 6.04 Å². The van der Waals surface area contributed by atoms with E-state index in [1.54, 1.807) is 29.2 Å². The highest BCUT2D eigenvalue weighted by Gasteiger charge is 2.43. The number of thiocarbonyl (C=S) groups is 1. The summed E-state index contributed by atoms with van der Waals surface area (Å²) >= 11 is 11.8. The lowest BCUT2D eigenvalue weighted by Gasteiger charge is -2.35. The van der Waals surface area contributed by atoms with E-state index >= 15 is 0 Å². The zero-order chi connectivity index (χ0) is 28.8. The van der Waals surface area contributed by atoms with Crippen molar-refractivity contribution in [1.82, 2.24) is 14.7 Å². The molecule has 3 aromatic rings. The zero-order valence-corrected chi connectivity index (χ0v) is 24.9.